The minimum absolute atomic E-state index is 0.0791. The molecule has 0 atom stereocenters. The van der Waals surface area contributed by atoms with E-state index in [1.54, 1.807) is 31.1 Å². The van der Waals surface area contributed by atoms with Crippen molar-refractivity contribution in [3.8, 4) is 11.5 Å². The van der Waals surface area contributed by atoms with Gasteiger partial charge in [0.25, 0.3) is 5.91 Å². The van der Waals surface area contributed by atoms with Crippen LogP contribution in [0, 0.1) is 0 Å². The Bertz CT molecular complexity index is 938. The maximum absolute atomic E-state index is 13.2. The van der Waals surface area contributed by atoms with E-state index in [4.69, 9.17) is 9.47 Å². The third kappa shape index (κ3) is 4.11. The zero-order valence-electron chi connectivity index (χ0n) is 17.1. The van der Waals surface area contributed by atoms with Crippen LogP contribution in [0.25, 0.3) is 0 Å². The summed E-state index contributed by atoms with van der Waals surface area (Å²) in [5.41, 5.74) is 3.28. The number of fused-ring (bicyclic) bond motifs is 1. The smallest absolute Gasteiger partial charge is 0.254 e. The lowest BCUT2D eigenvalue weighted by atomic mass is 9.95. The molecular weight excluding hydrogens is 368 g/mol. The summed E-state index contributed by atoms with van der Waals surface area (Å²) in [5, 5.41) is 0. The van der Waals surface area contributed by atoms with Gasteiger partial charge in [-0.15, -0.1) is 0 Å². The third-order valence-corrected chi connectivity index (χ3v) is 5.14. The number of amides is 2. The predicted octanol–water partition coefficient (Wildman–Crippen LogP) is 3.44. The van der Waals surface area contributed by atoms with Gasteiger partial charge >= 0.3 is 0 Å². The van der Waals surface area contributed by atoms with Gasteiger partial charge in [0.15, 0.2) is 11.5 Å². The van der Waals surface area contributed by atoms with Crippen molar-refractivity contribution >= 4 is 17.5 Å². The predicted molar refractivity (Wildman–Crippen MR) is 113 cm³/mol. The van der Waals surface area contributed by atoms with Crippen molar-refractivity contribution in [2.75, 3.05) is 32.7 Å². The molecule has 0 fully saturated rings. The minimum Gasteiger partial charge on any atom is -0.493 e. The topological polar surface area (TPSA) is 59.1 Å². The molecule has 1 heterocycles. The number of carbonyl (C=O) groups excluding carboxylic acids is 2. The van der Waals surface area contributed by atoms with Crippen molar-refractivity contribution in [1.82, 2.24) is 4.90 Å². The second-order valence-electron chi connectivity index (χ2n) is 6.95. The molecule has 2 aromatic rings. The normalized spacial score (nSPS) is 12.7. The molecule has 0 saturated carbocycles. The fraction of sp³-hybridized carbons (Fsp3) is 0.304. The molecule has 1 aliphatic heterocycles. The Morgan fingerprint density at radius 3 is 2.62 bits per heavy atom. The second kappa shape index (κ2) is 8.82. The quantitative estimate of drug-likeness (QED) is 0.705. The summed E-state index contributed by atoms with van der Waals surface area (Å²) in [7, 11) is 4.95. The highest BCUT2D eigenvalue weighted by Gasteiger charge is 2.26. The second-order valence-corrected chi connectivity index (χ2v) is 6.95. The SMILES string of the molecule is C=CC(=O)N1CCCc2c(C(=O)N(C)Cc3ccc(OC)c(OC)c3)cccc21. The first kappa shape index (κ1) is 20.5. The molecule has 29 heavy (non-hydrogen) atoms. The van der Waals surface area contributed by atoms with Crippen LogP contribution in [-0.4, -0.2) is 44.5 Å². The van der Waals surface area contributed by atoms with Gasteiger partial charge in [0.2, 0.25) is 5.91 Å². The van der Waals surface area contributed by atoms with Crippen molar-refractivity contribution in [1.29, 1.82) is 0 Å². The summed E-state index contributed by atoms with van der Waals surface area (Å²) in [5.74, 6) is 1.05. The average molecular weight is 394 g/mol. The number of anilines is 1. The van der Waals surface area contributed by atoms with E-state index in [0.717, 1.165) is 29.7 Å². The van der Waals surface area contributed by atoms with Crippen LogP contribution in [-0.2, 0) is 17.8 Å². The molecule has 0 spiro atoms. The van der Waals surface area contributed by atoms with Gasteiger partial charge in [-0.25, -0.2) is 0 Å². The van der Waals surface area contributed by atoms with Crippen molar-refractivity contribution in [2.24, 2.45) is 0 Å². The van der Waals surface area contributed by atoms with E-state index < -0.39 is 0 Å². The lowest BCUT2D eigenvalue weighted by molar-refractivity contribution is -0.114. The molecule has 0 aromatic heterocycles. The summed E-state index contributed by atoms with van der Waals surface area (Å²) < 4.78 is 10.6. The van der Waals surface area contributed by atoms with Gasteiger partial charge in [0.05, 0.1) is 14.2 Å². The minimum atomic E-state index is -0.144. The number of hydrogen-bond acceptors (Lipinski definition) is 4. The first-order chi connectivity index (χ1) is 14.0. The van der Waals surface area contributed by atoms with Crippen LogP contribution < -0.4 is 14.4 Å². The molecule has 0 aliphatic carbocycles. The Labute approximate surface area is 171 Å². The lowest BCUT2D eigenvalue weighted by Gasteiger charge is -2.30. The molecule has 1 aliphatic rings. The number of hydrogen-bond donors (Lipinski definition) is 0. The number of ether oxygens (including phenoxy) is 2. The Hall–Kier alpha value is -3.28. The Kier molecular flexibility index (Phi) is 6.22. The Morgan fingerprint density at radius 1 is 1.17 bits per heavy atom. The monoisotopic (exact) mass is 394 g/mol. The molecule has 2 amide bonds. The molecule has 0 radical (unpaired) electrons. The lowest BCUT2D eigenvalue weighted by Crippen LogP contribution is -2.35. The van der Waals surface area contributed by atoms with Gasteiger partial charge in [-0.1, -0.05) is 18.7 Å². The molecule has 0 bridgehead atoms. The van der Waals surface area contributed by atoms with Gasteiger partial charge in [0.1, 0.15) is 0 Å². The molecule has 3 rings (SSSR count). The van der Waals surface area contributed by atoms with Crippen LogP contribution in [0.3, 0.4) is 0 Å². The van der Waals surface area contributed by atoms with Gasteiger partial charge in [-0.2, -0.15) is 0 Å². The zero-order valence-corrected chi connectivity index (χ0v) is 17.1. The summed E-state index contributed by atoms with van der Waals surface area (Å²) in [6, 6.07) is 11.2. The first-order valence-electron chi connectivity index (χ1n) is 9.52. The summed E-state index contributed by atoms with van der Waals surface area (Å²) in [4.78, 5) is 28.7. The van der Waals surface area contributed by atoms with Crippen LogP contribution in [0.5, 0.6) is 11.5 Å². The summed E-state index contributed by atoms with van der Waals surface area (Å²) in [6.07, 6.45) is 2.89. The molecule has 6 nitrogen and oxygen atoms in total. The van der Waals surface area contributed by atoms with E-state index in [-0.39, 0.29) is 11.8 Å². The van der Waals surface area contributed by atoms with Crippen LogP contribution >= 0.6 is 0 Å². The van der Waals surface area contributed by atoms with E-state index in [1.165, 1.54) is 6.08 Å². The fourth-order valence-corrected chi connectivity index (χ4v) is 3.69. The summed E-state index contributed by atoms with van der Waals surface area (Å²) >= 11 is 0. The van der Waals surface area contributed by atoms with Crippen LogP contribution in [0.2, 0.25) is 0 Å². The standard InChI is InChI=1S/C23H26N2O4/c1-5-22(26)25-13-7-9-17-18(8-6-10-19(17)25)23(27)24(2)15-16-11-12-20(28-3)21(14-16)29-4/h5-6,8,10-12,14H,1,7,9,13,15H2,2-4H3. The third-order valence-electron chi connectivity index (χ3n) is 5.14. The number of nitrogens with zero attached hydrogens (tertiary/aromatic N) is 2. The van der Waals surface area contributed by atoms with Crippen molar-refractivity contribution in [2.45, 2.75) is 19.4 Å². The highest BCUT2D eigenvalue weighted by molar-refractivity contribution is 6.04. The van der Waals surface area contributed by atoms with Crippen LogP contribution in [0.15, 0.2) is 49.1 Å². The molecule has 2 aromatic carbocycles. The number of benzene rings is 2. The van der Waals surface area contributed by atoms with E-state index in [0.29, 0.717) is 30.2 Å². The highest BCUT2D eigenvalue weighted by Crippen LogP contribution is 2.31. The first-order valence-corrected chi connectivity index (χ1v) is 9.52. The Balaban J connectivity index is 1.85. The molecular formula is C23H26N2O4. The van der Waals surface area contributed by atoms with Gasteiger partial charge in [-0.3, -0.25) is 9.59 Å². The van der Waals surface area contributed by atoms with Crippen LogP contribution in [0.1, 0.15) is 27.9 Å². The van der Waals surface area contributed by atoms with Gasteiger partial charge < -0.3 is 19.3 Å². The van der Waals surface area contributed by atoms with Gasteiger partial charge in [0, 0.05) is 31.4 Å². The van der Waals surface area contributed by atoms with E-state index >= 15 is 0 Å². The van der Waals surface area contributed by atoms with Crippen molar-refractivity contribution < 1.29 is 19.1 Å². The van der Waals surface area contributed by atoms with E-state index in [9.17, 15) is 9.59 Å². The maximum Gasteiger partial charge on any atom is 0.254 e. The number of carbonyl (C=O) groups is 2. The van der Waals surface area contributed by atoms with E-state index in [2.05, 4.69) is 6.58 Å². The van der Waals surface area contributed by atoms with Crippen LogP contribution in [0.4, 0.5) is 5.69 Å². The molecule has 152 valence electrons. The van der Waals surface area contributed by atoms with E-state index in [1.807, 2.05) is 36.4 Å². The number of rotatable bonds is 6. The molecule has 0 N–H and O–H groups in total. The Morgan fingerprint density at radius 2 is 1.93 bits per heavy atom. The molecule has 0 saturated heterocycles. The largest absolute Gasteiger partial charge is 0.493 e. The van der Waals surface area contributed by atoms with Gasteiger partial charge in [-0.05, 0) is 54.3 Å². The number of methoxy groups -OCH3 is 2. The fourth-order valence-electron chi connectivity index (χ4n) is 3.69. The molecule has 6 heteroatoms. The van der Waals surface area contributed by atoms with Crippen molar-refractivity contribution in [3.63, 3.8) is 0 Å². The van der Waals surface area contributed by atoms with Crippen molar-refractivity contribution in [3.05, 3.63) is 65.7 Å². The maximum atomic E-state index is 13.2. The summed E-state index contributed by atoms with van der Waals surface area (Å²) in [6.45, 7) is 4.65. The molecule has 0 unspecified atom stereocenters. The zero-order chi connectivity index (χ0) is 21.0. The average Bonchev–Trinajstić information content (AvgIpc) is 2.76. The highest BCUT2D eigenvalue weighted by atomic mass is 16.5.